The van der Waals surface area contributed by atoms with Crippen molar-refractivity contribution in [3.05, 3.63) is 77.9 Å². The fourth-order valence-electron chi connectivity index (χ4n) is 2.49. The summed E-state index contributed by atoms with van der Waals surface area (Å²) in [6.45, 7) is 0.320. The van der Waals surface area contributed by atoms with E-state index < -0.39 is 0 Å². The van der Waals surface area contributed by atoms with Gasteiger partial charge in [0.2, 0.25) is 5.95 Å². The van der Waals surface area contributed by atoms with Crippen LogP contribution in [0.1, 0.15) is 15.9 Å². The van der Waals surface area contributed by atoms with E-state index >= 15 is 0 Å². The largest absolute Gasteiger partial charge is 0.495 e. The molecule has 138 valence electrons. The first kappa shape index (κ1) is 18.3. The number of halogens is 1. The van der Waals surface area contributed by atoms with Crippen molar-refractivity contribution in [2.75, 3.05) is 19.0 Å². The Hall–Kier alpha value is -3.48. The van der Waals surface area contributed by atoms with E-state index in [9.17, 15) is 9.18 Å². The number of nitrogens with zero attached hydrogens (tertiary/aromatic N) is 2. The lowest BCUT2D eigenvalue weighted by molar-refractivity contribution is 0.0953. The molecule has 1 heterocycles. The van der Waals surface area contributed by atoms with Gasteiger partial charge in [-0.25, -0.2) is 14.4 Å². The van der Waals surface area contributed by atoms with Crippen molar-refractivity contribution in [2.45, 2.75) is 6.42 Å². The van der Waals surface area contributed by atoms with Gasteiger partial charge in [0, 0.05) is 18.9 Å². The molecule has 0 aliphatic carbocycles. The van der Waals surface area contributed by atoms with Gasteiger partial charge in [0.25, 0.3) is 5.91 Å². The molecule has 0 unspecified atom stereocenters. The Morgan fingerprint density at radius 2 is 1.78 bits per heavy atom. The van der Waals surface area contributed by atoms with Crippen LogP contribution in [-0.4, -0.2) is 29.5 Å². The maximum atomic E-state index is 13.6. The topological polar surface area (TPSA) is 76.1 Å². The molecule has 0 atom stereocenters. The van der Waals surface area contributed by atoms with Crippen LogP contribution in [0.25, 0.3) is 0 Å². The minimum Gasteiger partial charge on any atom is -0.495 e. The van der Waals surface area contributed by atoms with Crippen LogP contribution in [0.2, 0.25) is 0 Å². The maximum absolute atomic E-state index is 13.6. The molecule has 0 fully saturated rings. The van der Waals surface area contributed by atoms with E-state index in [0.29, 0.717) is 35.8 Å². The highest BCUT2D eigenvalue weighted by atomic mass is 19.1. The number of amides is 1. The van der Waals surface area contributed by atoms with Crippen LogP contribution >= 0.6 is 0 Å². The minimum atomic E-state index is -0.310. The molecule has 0 aliphatic heterocycles. The summed E-state index contributed by atoms with van der Waals surface area (Å²) in [5, 5.41) is 5.78. The molecule has 3 aromatic rings. The summed E-state index contributed by atoms with van der Waals surface area (Å²) in [7, 11) is 1.58. The number of para-hydroxylation sites is 2. The van der Waals surface area contributed by atoms with Gasteiger partial charge >= 0.3 is 0 Å². The van der Waals surface area contributed by atoms with Crippen molar-refractivity contribution < 1.29 is 13.9 Å². The molecular formula is C20H19FN4O2. The lowest BCUT2D eigenvalue weighted by Crippen LogP contribution is -2.26. The average Bonchev–Trinajstić information content (AvgIpc) is 2.70. The third-order valence-corrected chi connectivity index (χ3v) is 3.91. The highest BCUT2D eigenvalue weighted by molar-refractivity contribution is 5.93. The van der Waals surface area contributed by atoms with Crippen LogP contribution in [0.5, 0.6) is 5.75 Å². The van der Waals surface area contributed by atoms with Gasteiger partial charge in [-0.3, -0.25) is 4.79 Å². The second-order valence-electron chi connectivity index (χ2n) is 5.72. The molecule has 0 spiro atoms. The summed E-state index contributed by atoms with van der Waals surface area (Å²) < 4.78 is 18.8. The lowest BCUT2D eigenvalue weighted by Gasteiger charge is -2.10. The Morgan fingerprint density at radius 3 is 2.52 bits per heavy atom. The summed E-state index contributed by atoms with van der Waals surface area (Å²) >= 11 is 0. The van der Waals surface area contributed by atoms with Crippen LogP contribution in [0.3, 0.4) is 0 Å². The number of carbonyl (C=O) groups is 1. The van der Waals surface area contributed by atoms with Crippen LogP contribution < -0.4 is 15.4 Å². The Morgan fingerprint density at radius 1 is 1.07 bits per heavy atom. The second-order valence-corrected chi connectivity index (χ2v) is 5.72. The number of methoxy groups -OCH3 is 1. The second kappa shape index (κ2) is 8.75. The van der Waals surface area contributed by atoms with Gasteiger partial charge in [-0.05, 0) is 30.2 Å². The highest BCUT2D eigenvalue weighted by Crippen LogP contribution is 2.25. The summed E-state index contributed by atoms with van der Waals surface area (Å²) in [5.41, 5.74) is 1.61. The van der Waals surface area contributed by atoms with E-state index in [1.54, 1.807) is 25.3 Å². The van der Waals surface area contributed by atoms with Gasteiger partial charge in [-0.2, -0.15) is 0 Å². The van der Waals surface area contributed by atoms with Gasteiger partial charge in [0.05, 0.1) is 18.4 Å². The summed E-state index contributed by atoms with van der Waals surface area (Å²) in [6.07, 6.45) is 3.28. The fourth-order valence-corrected chi connectivity index (χ4v) is 2.49. The number of benzene rings is 2. The maximum Gasteiger partial charge on any atom is 0.254 e. The lowest BCUT2D eigenvalue weighted by atomic mass is 10.1. The molecule has 0 saturated carbocycles. The normalized spacial score (nSPS) is 10.3. The Kier molecular flexibility index (Phi) is 5.94. The number of nitrogens with one attached hydrogen (secondary N) is 2. The van der Waals surface area contributed by atoms with Crippen molar-refractivity contribution in [2.24, 2.45) is 0 Å². The predicted octanol–water partition coefficient (Wildman–Crippen LogP) is 3.34. The Balaban J connectivity index is 1.56. The molecular weight excluding hydrogens is 347 g/mol. The molecule has 0 saturated heterocycles. The first-order valence-electron chi connectivity index (χ1n) is 8.41. The van der Waals surface area contributed by atoms with E-state index in [0.717, 1.165) is 5.69 Å². The van der Waals surface area contributed by atoms with E-state index in [1.807, 2.05) is 24.3 Å². The first-order valence-corrected chi connectivity index (χ1v) is 8.41. The molecule has 2 N–H and O–H groups in total. The monoisotopic (exact) mass is 366 g/mol. The fraction of sp³-hybridized carbons (Fsp3) is 0.150. The smallest absolute Gasteiger partial charge is 0.254 e. The molecule has 3 rings (SSSR count). The molecule has 0 aliphatic rings. The predicted molar refractivity (Wildman–Crippen MR) is 101 cm³/mol. The third-order valence-electron chi connectivity index (χ3n) is 3.91. The van der Waals surface area contributed by atoms with Gasteiger partial charge in [-0.15, -0.1) is 0 Å². The van der Waals surface area contributed by atoms with Crippen molar-refractivity contribution in [3.8, 4) is 5.75 Å². The minimum absolute atomic E-state index is 0.276. The quantitative estimate of drug-likeness (QED) is 0.671. The zero-order chi connectivity index (χ0) is 19.1. The number of hydrogen-bond donors (Lipinski definition) is 2. The van der Waals surface area contributed by atoms with Crippen molar-refractivity contribution in [3.63, 3.8) is 0 Å². The van der Waals surface area contributed by atoms with Crippen LogP contribution in [0.15, 0.2) is 60.9 Å². The number of hydrogen-bond acceptors (Lipinski definition) is 5. The first-order chi connectivity index (χ1) is 13.2. The standard InChI is InChI=1S/C20H19FN4O2/c1-27-18-9-5-4-8-17(18)25-20-23-12-15(13-24-20)19(26)22-11-10-14-6-2-3-7-16(14)21/h2-9,12-13H,10-11H2,1H3,(H,22,26)(H,23,24,25). The number of carbonyl (C=O) groups excluding carboxylic acids is 1. The summed E-state index contributed by atoms with van der Waals surface area (Å²) in [6, 6.07) is 13.9. The molecule has 1 aromatic heterocycles. The molecule has 0 radical (unpaired) electrons. The van der Waals surface area contributed by atoms with E-state index in [1.165, 1.54) is 18.5 Å². The van der Waals surface area contributed by atoms with Crippen molar-refractivity contribution in [1.82, 2.24) is 15.3 Å². The van der Waals surface area contributed by atoms with Gasteiger partial charge in [0.1, 0.15) is 11.6 Å². The number of aromatic nitrogens is 2. The summed E-state index contributed by atoms with van der Waals surface area (Å²) in [4.78, 5) is 20.5. The summed E-state index contributed by atoms with van der Waals surface area (Å²) in [5.74, 6) is 0.426. The van der Waals surface area contributed by atoms with Gasteiger partial charge in [0.15, 0.2) is 0 Å². The van der Waals surface area contributed by atoms with E-state index in [-0.39, 0.29) is 11.7 Å². The van der Waals surface area contributed by atoms with Crippen LogP contribution in [0.4, 0.5) is 16.0 Å². The highest BCUT2D eigenvalue weighted by Gasteiger charge is 2.09. The molecule has 0 bridgehead atoms. The van der Waals surface area contributed by atoms with E-state index in [4.69, 9.17) is 4.74 Å². The van der Waals surface area contributed by atoms with E-state index in [2.05, 4.69) is 20.6 Å². The Bertz CT molecular complexity index is 916. The SMILES string of the molecule is COc1ccccc1Nc1ncc(C(=O)NCCc2ccccc2F)cn1. The van der Waals surface area contributed by atoms with Gasteiger partial charge < -0.3 is 15.4 Å². The average molecular weight is 366 g/mol. The van der Waals surface area contributed by atoms with Crippen molar-refractivity contribution >= 4 is 17.5 Å². The zero-order valence-electron chi connectivity index (χ0n) is 14.8. The molecule has 2 aromatic carbocycles. The number of anilines is 2. The van der Waals surface area contributed by atoms with Crippen LogP contribution in [-0.2, 0) is 6.42 Å². The molecule has 1 amide bonds. The number of rotatable bonds is 7. The molecule has 7 heteroatoms. The Labute approximate surface area is 156 Å². The van der Waals surface area contributed by atoms with Gasteiger partial charge in [-0.1, -0.05) is 30.3 Å². The van der Waals surface area contributed by atoms with Crippen molar-refractivity contribution in [1.29, 1.82) is 0 Å². The zero-order valence-corrected chi connectivity index (χ0v) is 14.8. The number of ether oxygens (including phenoxy) is 1. The molecule has 6 nitrogen and oxygen atoms in total. The van der Waals surface area contributed by atoms with Crippen LogP contribution in [0, 0.1) is 5.82 Å². The molecule has 27 heavy (non-hydrogen) atoms. The third kappa shape index (κ3) is 4.78.